The molecule has 230 valence electrons. The molecule has 2 aliphatic rings. The molecule has 4 heterocycles. The number of benzene rings is 1. The molecule has 2 aliphatic heterocycles. The molecule has 1 N–H and O–H groups in total. The Morgan fingerprint density at radius 1 is 1.14 bits per heavy atom. The number of hydrogen-bond acceptors (Lipinski definition) is 6. The topological polar surface area (TPSA) is 86.1 Å². The highest BCUT2D eigenvalue weighted by atomic mass is 19.4. The average molecular weight is 598 g/mol. The number of amides is 2. The van der Waals surface area contributed by atoms with Crippen LogP contribution in [-0.4, -0.2) is 93.1 Å². The molecule has 2 aromatic heterocycles. The van der Waals surface area contributed by atoms with Crippen molar-refractivity contribution in [1.82, 2.24) is 29.3 Å². The lowest BCUT2D eigenvalue weighted by Gasteiger charge is -2.27. The normalized spacial score (nSPS) is 17.9. The summed E-state index contributed by atoms with van der Waals surface area (Å²) in [6, 6.07) is 11.6. The van der Waals surface area contributed by atoms with E-state index in [1.807, 2.05) is 37.4 Å². The zero-order valence-corrected chi connectivity index (χ0v) is 24.8. The second kappa shape index (κ2) is 12.7. The van der Waals surface area contributed by atoms with Crippen LogP contribution in [0.2, 0.25) is 0 Å². The fraction of sp³-hybridized carbons (Fsp3) is 0.484. The van der Waals surface area contributed by atoms with E-state index in [0.29, 0.717) is 42.1 Å². The maximum atomic E-state index is 13.0. The molecule has 9 nitrogen and oxygen atoms in total. The van der Waals surface area contributed by atoms with Crippen LogP contribution in [0.15, 0.2) is 48.7 Å². The van der Waals surface area contributed by atoms with Crippen molar-refractivity contribution >= 4 is 34.7 Å². The first-order valence-corrected chi connectivity index (χ1v) is 14.7. The molecule has 0 spiro atoms. The van der Waals surface area contributed by atoms with Gasteiger partial charge in [0.15, 0.2) is 5.65 Å². The Labute approximate surface area is 249 Å². The van der Waals surface area contributed by atoms with Gasteiger partial charge in [-0.25, -0.2) is 4.52 Å². The lowest BCUT2D eigenvalue weighted by atomic mass is 10.00. The minimum Gasteiger partial charge on any atom is -0.341 e. The van der Waals surface area contributed by atoms with Gasteiger partial charge < -0.3 is 20.0 Å². The van der Waals surface area contributed by atoms with E-state index in [1.165, 1.54) is 4.90 Å². The summed E-state index contributed by atoms with van der Waals surface area (Å²) < 4.78 is 39.2. The summed E-state index contributed by atoms with van der Waals surface area (Å²) in [4.78, 5) is 35.6. The highest BCUT2D eigenvalue weighted by Gasteiger charge is 2.30. The van der Waals surface area contributed by atoms with E-state index in [1.54, 1.807) is 27.7 Å². The quantitative estimate of drug-likeness (QED) is 0.364. The third-order valence-corrected chi connectivity index (χ3v) is 8.21. The number of alkyl halides is 3. The average Bonchev–Trinajstić information content (AvgIpc) is 3.62. The van der Waals surface area contributed by atoms with Gasteiger partial charge >= 0.3 is 6.18 Å². The van der Waals surface area contributed by atoms with Crippen LogP contribution in [-0.2, 0) is 4.79 Å². The van der Waals surface area contributed by atoms with Crippen molar-refractivity contribution in [3.63, 3.8) is 0 Å². The van der Waals surface area contributed by atoms with Gasteiger partial charge in [0.1, 0.15) is 0 Å². The predicted molar refractivity (Wildman–Crippen MR) is 159 cm³/mol. The minimum atomic E-state index is -4.34. The molecular formula is C31H38F3N7O2. The van der Waals surface area contributed by atoms with E-state index >= 15 is 0 Å². The number of carbonyl (C=O) groups excluding carboxylic acids is 2. The summed E-state index contributed by atoms with van der Waals surface area (Å²) in [6.07, 6.45) is -0.724. The minimum absolute atomic E-state index is 0.00795. The number of fused-ring (bicyclic) bond motifs is 1. The van der Waals surface area contributed by atoms with Crippen molar-refractivity contribution in [3.05, 3.63) is 59.8 Å². The summed E-state index contributed by atoms with van der Waals surface area (Å²) >= 11 is 0. The molecule has 12 heteroatoms. The van der Waals surface area contributed by atoms with Gasteiger partial charge in [0.25, 0.3) is 5.91 Å². The molecule has 3 aromatic rings. The number of hydrogen-bond donors (Lipinski definition) is 1. The van der Waals surface area contributed by atoms with Gasteiger partial charge in [-0.2, -0.15) is 18.2 Å². The number of pyridine rings is 1. The number of carbonyl (C=O) groups is 2. The fourth-order valence-corrected chi connectivity index (χ4v) is 5.75. The Kier molecular flexibility index (Phi) is 9.05. The number of anilines is 2. The highest BCUT2D eigenvalue weighted by Crippen LogP contribution is 2.28. The molecule has 0 aliphatic carbocycles. The number of aromatic nitrogens is 3. The molecule has 1 aromatic carbocycles. The Balaban J connectivity index is 1.20. The summed E-state index contributed by atoms with van der Waals surface area (Å²) in [5.74, 6) is 0.370. The van der Waals surface area contributed by atoms with E-state index in [2.05, 4.69) is 34.1 Å². The summed E-state index contributed by atoms with van der Waals surface area (Å²) in [5, 5.41) is 7.74. The van der Waals surface area contributed by atoms with Crippen LogP contribution >= 0.6 is 0 Å². The van der Waals surface area contributed by atoms with Crippen molar-refractivity contribution in [2.24, 2.45) is 5.92 Å². The third-order valence-electron chi connectivity index (χ3n) is 8.21. The Morgan fingerprint density at radius 3 is 2.56 bits per heavy atom. The zero-order valence-electron chi connectivity index (χ0n) is 24.8. The smallest absolute Gasteiger partial charge is 0.341 e. The number of nitrogens with one attached hydrogen (secondary N) is 1. The van der Waals surface area contributed by atoms with Crippen LogP contribution in [0.25, 0.3) is 11.2 Å². The van der Waals surface area contributed by atoms with E-state index in [4.69, 9.17) is 0 Å². The SMILES string of the molecule is CC(C)N1CCC(CN(C)C(=O)c2ccc(Nc3nc4c(C5=CCN(C(=O)CCC(F)(F)F)CC5)cccn4n3)cc2)C1. The molecule has 1 unspecified atom stereocenters. The van der Waals surface area contributed by atoms with Gasteiger partial charge in [0.05, 0.1) is 6.42 Å². The molecule has 0 bridgehead atoms. The molecule has 0 saturated carbocycles. The number of nitrogens with zero attached hydrogens (tertiary/aromatic N) is 6. The molecule has 1 fully saturated rings. The van der Waals surface area contributed by atoms with E-state index in [-0.39, 0.29) is 12.5 Å². The first-order chi connectivity index (χ1) is 20.5. The summed E-state index contributed by atoms with van der Waals surface area (Å²) in [5.41, 5.74) is 3.81. The lowest BCUT2D eigenvalue weighted by Crippen LogP contribution is -2.35. The standard InChI is InChI=1S/C31H38F3N7O2/c1-21(2)40-16-11-22(20-40)19-38(3)29(43)24-6-8-25(9-7-24)35-30-36-28-26(5-4-15-41(28)37-30)23-12-17-39(18-13-23)27(42)10-14-31(32,33)34/h4-9,12,15,21-22H,10-11,13-14,16-20H2,1-3H3,(H,35,37). The molecule has 2 amide bonds. The second-order valence-corrected chi connectivity index (χ2v) is 11.7. The summed E-state index contributed by atoms with van der Waals surface area (Å²) in [7, 11) is 1.86. The van der Waals surface area contributed by atoms with Crippen LogP contribution in [0, 0.1) is 5.92 Å². The second-order valence-electron chi connectivity index (χ2n) is 11.7. The largest absolute Gasteiger partial charge is 0.389 e. The third kappa shape index (κ3) is 7.54. The van der Waals surface area contributed by atoms with Crippen molar-refractivity contribution in [2.45, 2.75) is 51.7 Å². The van der Waals surface area contributed by atoms with Crippen LogP contribution in [0.4, 0.5) is 24.8 Å². The van der Waals surface area contributed by atoms with Crippen LogP contribution in [0.5, 0.6) is 0 Å². The van der Waals surface area contributed by atoms with Gasteiger partial charge in [-0.15, -0.1) is 5.10 Å². The molecule has 5 rings (SSSR count). The molecule has 1 saturated heterocycles. The Hall–Kier alpha value is -3.93. The zero-order chi connectivity index (χ0) is 30.7. The van der Waals surface area contributed by atoms with Gasteiger partial charge in [-0.05, 0) is 81.1 Å². The van der Waals surface area contributed by atoms with Gasteiger partial charge in [0, 0.05) is 68.7 Å². The number of rotatable bonds is 9. The highest BCUT2D eigenvalue weighted by molar-refractivity contribution is 5.94. The van der Waals surface area contributed by atoms with E-state index in [0.717, 1.165) is 42.9 Å². The van der Waals surface area contributed by atoms with Crippen molar-refractivity contribution in [3.8, 4) is 0 Å². The first kappa shape index (κ1) is 30.5. The van der Waals surface area contributed by atoms with Crippen molar-refractivity contribution < 1.29 is 22.8 Å². The van der Waals surface area contributed by atoms with Crippen LogP contribution in [0.1, 0.15) is 55.5 Å². The first-order valence-electron chi connectivity index (χ1n) is 14.7. The number of likely N-dealkylation sites (tertiary alicyclic amines) is 1. The van der Waals surface area contributed by atoms with Crippen molar-refractivity contribution in [1.29, 1.82) is 0 Å². The van der Waals surface area contributed by atoms with E-state index in [9.17, 15) is 22.8 Å². The van der Waals surface area contributed by atoms with Gasteiger partial charge in [-0.1, -0.05) is 6.08 Å². The lowest BCUT2D eigenvalue weighted by molar-refractivity contribution is -0.148. The monoisotopic (exact) mass is 597 g/mol. The Bertz CT molecular complexity index is 1480. The van der Waals surface area contributed by atoms with Gasteiger partial charge in [0.2, 0.25) is 11.9 Å². The maximum Gasteiger partial charge on any atom is 0.389 e. The van der Waals surface area contributed by atoms with Gasteiger partial charge in [-0.3, -0.25) is 9.59 Å². The Morgan fingerprint density at radius 2 is 1.91 bits per heavy atom. The molecule has 43 heavy (non-hydrogen) atoms. The molecular weight excluding hydrogens is 559 g/mol. The predicted octanol–water partition coefficient (Wildman–Crippen LogP) is 5.23. The fourth-order valence-electron chi connectivity index (χ4n) is 5.75. The molecule has 1 atom stereocenters. The summed E-state index contributed by atoms with van der Waals surface area (Å²) in [6.45, 7) is 7.84. The van der Waals surface area contributed by atoms with Crippen molar-refractivity contribution in [2.75, 3.05) is 45.1 Å². The van der Waals surface area contributed by atoms with Crippen LogP contribution < -0.4 is 5.32 Å². The number of halogens is 3. The molecule has 0 radical (unpaired) electrons. The van der Waals surface area contributed by atoms with E-state index < -0.39 is 24.9 Å². The maximum absolute atomic E-state index is 13.0. The van der Waals surface area contributed by atoms with Crippen LogP contribution in [0.3, 0.4) is 0 Å².